The molecule has 0 amide bonds. The fourth-order valence-electron chi connectivity index (χ4n) is 1.54. The summed E-state index contributed by atoms with van der Waals surface area (Å²) < 4.78 is 37.2. The molecule has 0 saturated heterocycles. The molecule has 0 aliphatic heterocycles. The molecule has 2 nitrogen and oxygen atoms in total. The minimum atomic E-state index is -4.09. The highest BCUT2D eigenvalue weighted by Crippen LogP contribution is 2.23. The third kappa shape index (κ3) is 6.02. The van der Waals surface area contributed by atoms with Crippen LogP contribution < -0.4 is 5.32 Å². The van der Waals surface area contributed by atoms with Crippen molar-refractivity contribution in [1.29, 1.82) is 0 Å². The Morgan fingerprint density at radius 1 is 1.41 bits per heavy atom. The van der Waals surface area contributed by atoms with Crippen LogP contribution in [0.25, 0.3) is 0 Å². The van der Waals surface area contributed by atoms with Crippen molar-refractivity contribution in [3.63, 3.8) is 0 Å². The zero-order chi connectivity index (χ0) is 12.9. The third-order valence-corrected chi connectivity index (χ3v) is 2.86. The maximum absolute atomic E-state index is 12.1. The van der Waals surface area contributed by atoms with Crippen molar-refractivity contribution in [2.24, 2.45) is 0 Å². The van der Waals surface area contributed by atoms with E-state index in [0.29, 0.717) is 6.42 Å². The molecular formula is C11H14BrF3N2. The Hall–Kier alpha value is -0.620. The maximum atomic E-state index is 12.1. The number of nitrogens with one attached hydrogen (secondary N) is 1. The Labute approximate surface area is 107 Å². The minimum absolute atomic E-state index is 0.0759. The highest BCUT2D eigenvalue weighted by atomic mass is 79.9. The molecule has 0 saturated carbocycles. The second-order valence-electron chi connectivity index (χ2n) is 3.85. The van der Waals surface area contributed by atoms with Crippen molar-refractivity contribution in [1.82, 2.24) is 10.3 Å². The van der Waals surface area contributed by atoms with Gasteiger partial charge >= 0.3 is 6.18 Å². The summed E-state index contributed by atoms with van der Waals surface area (Å²) in [6.45, 7) is 0. The van der Waals surface area contributed by atoms with Gasteiger partial charge < -0.3 is 5.32 Å². The molecule has 1 aromatic rings. The maximum Gasteiger partial charge on any atom is 0.389 e. The van der Waals surface area contributed by atoms with E-state index in [1.165, 1.54) is 0 Å². The monoisotopic (exact) mass is 310 g/mol. The predicted molar refractivity (Wildman–Crippen MR) is 63.8 cm³/mol. The molecule has 0 spiro atoms. The van der Waals surface area contributed by atoms with E-state index in [0.717, 1.165) is 10.0 Å². The van der Waals surface area contributed by atoms with Crippen molar-refractivity contribution in [3.8, 4) is 0 Å². The van der Waals surface area contributed by atoms with Crippen LogP contribution in [0.15, 0.2) is 22.9 Å². The lowest BCUT2D eigenvalue weighted by Crippen LogP contribution is -2.29. The Bertz CT molecular complexity index is 355. The first kappa shape index (κ1) is 14.4. The zero-order valence-electron chi connectivity index (χ0n) is 9.39. The fraction of sp³-hybridized carbons (Fsp3) is 0.545. The molecule has 0 fully saturated rings. The van der Waals surface area contributed by atoms with E-state index in [4.69, 9.17) is 0 Å². The van der Waals surface area contributed by atoms with Crippen molar-refractivity contribution in [3.05, 3.63) is 28.5 Å². The zero-order valence-corrected chi connectivity index (χ0v) is 11.0. The summed E-state index contributed by atoms with van der Waals surface area (Å²) in [5.41, 5.74) is 0.917. The molecule has 1 unspecified atom stereocenters. The molecule has 1 aromatic heterocycles. The van der Waals surface area contributed by atoms with Gasteiger partial charge in [0.1, 0.15) is 0 Å². The van der Waals surface area contributed by atoms with Crippen LogP contribution in [0.3, 0.4) is 0 Å². The Morgan fingerprint density at radius 2 is 2.12 bits per heavy atom. The van der Waals surface area contributed by atoms with Gasteiger partial charge in [-0.1, -0.05) is 0 Å². The molecule has 0 radical (unpaired) electrons. The molecule has 1 heterocycles. The van der Waals surface area contributed by atoms with Crippen LogP contribution in [0, 0.1) is 0 Å². The first-order chi connectivity index (χ1) is 7.90. The molecule has 0 aromatic carbocycles. The van der Waals surface area contributed by atoms with E-state index < -0.39 is 12.6 Å². The van der Waals surface area contributed by atoms with Gasteiger partial charge in [0, 0.05) is 29.3 Å². The fourth-order valence-corrected chi connectivity index (χ4v) is 1.95. The van der Waals surface area contributed by atoms with Crippen LogP contribution >= 0.6 is 15.9 Å². The van der Waals surface area contributed by atoms with Crippen LogP contribution in [-0.4, -0.2) is 24.2 Å². The summed E-state index contributed by atoms with van der Waals surface area (Å²) >= 11 is 3.28. The van der Waals surface area contributed by atoms with Crippen molar-refractivity contribution in [2.45, 2.75) is 31.5 Å². The molecular weight excluding hydrogens is 297 g/mol. The van der Waals surface area contributed by atoms with Gasteiger partial charge in [-0.25, -0.2) is 0 Å². The number of halogens is 4. The lowest BCUT2D eigenvalue weighted by molar-refractivity contribution is -0.136. The summed E-state index contributed by atoms with van der Waals surface area (Å²) in [7, 11) is 1.67. The van der Waals surface area contributed by atoms with Gasteiger partial charge in [0.15, 0.2) is 0 Å². The van der Waals surface area contributed by atoms with Crippen LogP contribution in [0.1, 0.15) is 18.4 Å². The van der Waals surface area contributed by atoms with Crippen LogP contribution in [0.5, 0.6) is 0 Å². The molecule has 96 valence electrons. The average molecular weight is 311 g/mol. The molecule has 1 atom stereocenters. The lowest BCUT2D eigenvalue weighted by atomic mass is 10.0. The Balaban J connectivity index is 2.52. The summed E-state index contributed by atoms with van der Waals surface area (Å²) in [5, 5.41) is 2.90. The summed E-state index contributed by atoms with van der Waals surface area (Å²) in [5.74, 6) is 0. The summed E-state index contributed by atoms with van der Waals surface area (Å²) in [6.07, 6.45) is -0.924. The highest BCUT2D eigenvalue weighted by Gasteiger charge is 2.27. The number of hydrogen-bond acceptors (Lipinski definition) is 2. The second-order valence-corrected chi connectivity index (χ2v) is 4.77. The average Bonchev–Trinajstić information content (AvgIpc) is 2.23. The second kappa shape index (κ2) is 6.35. The highest BCUT2D eigenvalue weighted by molar-refractivity contribution is 9.10. The summed E-state index contributed by atoms with van der Waals surface area (Å²) in [4.78, 5) is 3.98. The number of aromatic nitrogens is 1. The largest absolute Gasteiger partial charge is 0.389 e. The molecule has 0 aliphatic carbocycles. The minimum Gasteiger partial charge on any atom is -0.317 e. The van der Waals surface area contributed by atoms with Gasteiger partial charge in [-0.3, -0.25) is 4.98 Å². The van der Waals surface area contributed by atoms with E-state index in [-0.39, 0.29) is 12.5 Å². The molecule has 0 bridgehead atoms. The SMILES string of the molecule is CNC(CCC(F)(F)F)Cc1cncc(Br)c1. The van der Waals surface area contributed by atoms with Crippen LogP contribution in [0.2, 0.25) is 0 Å². The van der Waals surface area contributed by atoms with E-state index in [2.05, 4.69) is 26.2 Å². The van der Waals surface area contributed by atoms with Gasteiger partial charge in [0.2, 0.25) is 0 Å². The van der Waals surface area contributed by atoms with Gasteiger partial charge in [-0.05, 0) is 47.4 Å². The lowest BCUT2D eigenvalue weighted by Gasteiger charge is -2.17. The quantitative estimate of drug-likeness (QED) is 0.902. The number of rotatable bonds is 5. The van der Waals surface area contributed by atoms with Crippen molar-refractivity contribution < 1.29 is 13.2 Å². The number of pyridine rings is 1. The van der Waals surface area contributed by atoms with E-state index in [9.17, 15) is 13.2 Å². The van der Waals surface area contributed by atoms with Gasteiger partial charge in [0.05, 0.1) is 0 Å². The molecule has 1 rings (SSSR count). The normalized spacial score (nSPS) is 13.7. The molecule has 6 heteroatoms. The molecule has 17 heavy (non-hydrogen) atoms. The smallest absolute Gasteiger partial charge is 0.317 e. The number of hydrogen-bond donors (Lipinski definition) is 1. The third-order valence-electron chi connectivity index (χ3n) is 2.43. The Kier molecular flexibility index (Phi) is 5.39. The predicted octanol–water partition coefficient (Wildman–Crippen LogP) is 3.32. The van der Waals surface area contributed by atoms with Crippen LogP contribution in [-0.2, 0) is 6.42 Å². The van der Waals surface area contributed by atoms with Gasteiger partial charge in [-0.15, -0.1) is 0 Å². The molecule has 0 aliphatic rings. The van der Waals surface area contributed by atoms with Gasteiger partial charge in [-0.2, -0.15) is 13.2 Å². The van der Waals surface area contributed by atoms with E-state index in [1.807, 2.05) is 6.07 Å². The van der Waals surface area contributed by atoms with Crippen LogP contribution in [0.4, 0.5) is 13.2 Å². The Morgan fingerprint density at radius 3 is 2.65 bits per heavy atom. The number of likely N-dealkylation sites (N-methyl/N-ethyl adjacent to an activating group) is 1. The van der Waals surface area contributed by atoms with E-state index in [1.54, 1.807) is 19.4 Å². The van der Waals surface area contributed by atoms with Gasteiger partial charge in [0.25, 0.3) is 0 Å². The van der Waals surface area contributed by atoms with E-state index >= 15 is 0 Å². The summed E-state index contributed by atoms with van der Waals surface area (Å²) in [6, 6.07) is 1.68. The van der Waals surface area contributed by atoms with Crippen molar-refractivity contribution in [2.75, 3.05) is 7.05 Å². The number of alkyl halides is 3. The molecule has 1 N–H and O–H groups in total. The first-order valence-electron chi connectivity index (χ1n) is 5.24. The van der Waals surface area contributed by atoms with Crippen molar-refractivity contribution >= 4 is 15.9 Å². The number of nitrogens with zero attached hydrogens (tertiary/aromatic N) is 1. The topological polar surface area (TPSA) is 24.9 Å². The first-order valence-corrected chi connectivity index (χ1v) is 6.03. The standard InChI is InChI=1S/C11H14BrF3N2/c1-16-10(2-3-11(13,14)15)5-8-4-9(12)7-17-6-8/h4,6-7,10,16H,2-3,5H2,1H3.